The summed E-state index contributed by atoms with van der Waals surface area (Å²) < 4.78 is 33.8. The second-order valence-electron chi connectivity index (χ2n) is 4.36. The van der Waals surface area contributed by atoms with Gasteiger partial charge >= 0.3 is 16.1 Å². The van der Waals surface area contributed by atoms with Crippen LogP contribution in [0.15, 0.2) is 52.9 Å². The first kappa shape index (κ1) is 16.3. The fraction of sp³-hybridized carbons (Fsp3) is 0.133. The standard InChI is InChI=1S/C15H14O5S2/c1-11-5-7-12(8-6-11)22(17,18)20-10-13(15(16)19-2)14-4-3-9-21-14/h3-10H,1-2H3/b13-10+. The molecule has 0 saturated heterocycles. The van der Waals surface area contributed by atoms with E-state index in [1.165, 1.54) is 30.6 Å². The molecule has 116 valence electrons. The van der Waals surface area contributed by atoms with Crippen molar-refractivity contribution >= 4 is 33.0 Å². The zero-order chi connectivity index (χ0) is 16.2. The van der Waals surface area contributed by atoms with Crippen LogP contribution >= 0.6 is 11.3 Å². The summed E-state index contributed by atoms with van der Waals surface area (Å²) in [5.74, 6) is -0.665. The molecule has 22 heavy (non-hydrogen) atoms. The molecule has 0 aliphatic heterocycles. The van der Waals surface area contributed by atoms with Crippen molar-refractivity contribution < 1.29 is 22.1 Å². The second-order valence-corrected chi connectivity index (χ2v) is 6.88. The van der Waals surface area contributed by atoms with Crippen LogP contribution in [0.1, 0.15) is 10.4 Å². The van der Waals surface area contributed by atoms with E-state index in [4.69, 9.17) is 4.18 Å². The van der Waals surface area contributed by atoms with Gasteiger partial charge in [0, 0.05) is 4.88 Å². The summed E-state index contributed by atoms with van der Waals surface area (Å²) in [5.41, 5.74) is 0.983. The smallest absolute Gasteiger partial charge is 0.342 e. The zero-order valence-corrected chi connectivity index (χ0v) is 13.6. The van der Waals surface area contributed by atoms with Crippen LogP contribution in [0.5, 0.6) is 0 Å². The minimum Gasteiger partial charge on any atom is -0.465 e. The Morgan fingerprint density at radius 3 is 2.41 bits per heavy atom. The Kier molecular flexibility index (Phi) is 4.99. The molecule has 7 heteroatoms. The van der Waals surface area contributed by atoms with Crippen LogP contribution in [-0.4, -0.2) is 21.5 Å². The van der Waals surface area contributed by atoms with E-state index in [0.29, 0.717) is 4.88 Å². The fourth-order valence-corrected chi connectivity index (χ4v) is 3.14. The van der Waals surface area contributed by atoms with Crippen molar-refractivity contribution in [3.63, 3.8) is 0 Å². The van der Waals surface area contributed by atoms with Crippen molar-refractivity contribution in [3.8, 4) is 0 Å². The summed E-state index contributed by atoms with van der Waals surface area (Å²) >= 11 is 1.28. The summed E-state index contributed by atoms with van der Waals surface area (Å²) in [7, 11) is -2.76. The van der Waals surface area contributed by atoms with Gasteiger partial charge in [-0.15, -0.1) is 11.3 Å². The number of hydrogen-bond acceptors (Lipinski definition) is 6. The number of rotatable bonds is 5. The number of carbonyl (C=O) groups excluding carboxylic acids is 1. The number of methoxy groups -OCH3 is 1. The number of esters is 1. The third-order valence-electron chi connectivity index (χ3n) is 2.79. The van der Waals surface area contributed by atoms with Crippen molar-refractivity contribution in [1.29, 1.82) is 0 Å². The van der Waals surface area contributed by atoms with E-state index in [0.717, 1.165) is 11.8 Å². The Balaban J connectivity index is 2.30. The van der Waals surface area contributed by atoms with E-state index in [-0.39, 0.29) is 10.5 Å². The van der Waals surface area contributed by atoms with Crippen LogP contribution in [0.2, 0.25) is 0 Å². The molecular formula is C15H14O5S2. The highest BCUT2D eigenvalue weighted by atomic mass is 32.2. The van der Waals surface area contributed by atoms with E-state index in [2.05, 4.69) is 4.74 Å². The molecule has 0 fully saturated rings. The Hall–Kier alpha value is -2.12. The maximum Gasteiger partial charge on any atom is 0.342 e. The van der Waals surface area contributed by atoms with Crippen molar-refractivity contribution in [2.45, 2.75) is 11.8 Å². The highest BCUT2D eigenvalue weighted by Crippen LogP contribution is 2.23. The van der Waals surface area contributed by atoms with Crippen LogP contribution in [0.25, 0.3) is 5.57 Å². The Morgan fingerprint density at radius 2 is 1.86 bits per heavy atom. The van der Waals surface area contributed by atoms with Gasteiger partial charge in [0.15, 0.2) is 0 Å². The third kappa shape index (κ3) is 3.75. The molecule has 0 amide bonds. The van der Waals surface area contributed by atoms with E-state index in [9.17, 15) is 13.2 Å². The van der Waals surface area contributed by atoms with Crippen molar-refractivity contribution in [1.82, 2.24) is 0 Å². The molecule has 1 aromatic heterocycles. The first-order valence-corrected chi connectivity index (χ1v) is 8.55. The minimum absolute atomic E-state index is 0.0183. The lowest BCUT2D eigenvalue weighted by atomic mass is 10.2. The Morgan fingerprint density at radius 1 is 1.18 bits per heavy atom. The van der Waals surface area contributed by atoms with E-state index in [1.807, 2.05) is 6.92 Å². The Labute approximate surface area is 132 Å². The fourth-order valence-electron chi connectivity index (χ4n) is 1.62. The number of carbonyl (C=O) groups is 1. The average molecular weight is 338 g/mol. The molecular weight excluding hydrogens is 324 g/mol. The lowest BCUT2D eigenvalue weighted by Gasteiger charge is -2.06. The number of hydrogen-bond donors (Lipinski definition) is 0. The maximum atomic E-state index is 12.1. The lowest BCUT2D eigenvalue weighted by molar-refractivity contribution is -0.133. The predicted octanol–water partition coefficient (Wildman–Crippen LogP) is 2.98. The third-order valence-corrected chi connectivity index (χ3v) is 4.90. The molecule has 2 rings (SSSR count). The van der Waals surface area contributed by atoms with Crippen molar-refractivity contribution in [3.05, 3.63) is 58.5 Å². The summed E-state index contributed by atoms with van der Waals surface area (Å²) in [6.07, 6.45) is 0.910. The van der Waals surface area contributed by atoms with Gasteiger partial charge in [-0.3, -0.25) is 0 Å². The molecule has 0 unspecified atom stereocenters. The van der Waals surface area contributed by atoms with Gasteiger partial charge in [0.25, 0.3) is 0 Å². The van der Waals surface area contributed by atoms with Crippen LogP contribution in [0, 0.1) is 6.92 Å². The van der Waals surface area contributed by atoms with Gasteiger partial charge in [-0.1, -0.05) is 23.8 Å². The first-order valence-electron chi connectivity index (χ1n) is 6.26. The van der Waals surface area contributed by atoms with Crippen LogP contribution in [0.4, 0.5) is 0 Å². The number of ether oxygens (including phenoxy) is 1. The van der Waals surface area contributed by atoms with Crippen molar-refractivity contribution in [2.75, 3.05) is 7.11 Å². The highest BCUT2D eigenvalue weighted by Gasteiger charge is 2.18. The second kappa shape index (κ2) is 6.76. The monoisotopic (exact) mass is 338 g/mol. The highest BCUT2D eigenvalue weighted by molar-refractivity contribution is 7.86. The van der Waals surface area contributed by atoms with Gasteiger partial charge < -0.3 is 8.92 Å². The molecule has 0 aliphatic carbocycles. The molecule has 0 saturated carbocycles. The van der Waals surface area contributed by atoms with Gasteiger partial charge in [0.1, 0.15) is 16.7 Å². The SMILES string of the molecule is COC(=O)/C(=C/OS(=O)(=O)c1ccc(C)cc1)c1cccs1. The van der Waals surface area contributed by atoms with Gasteiger partial charge in [-0.25, -0.2) is 4.79 Å². The quantitative estimate of drug-likeness (QED) is 0.363. The molecule has 2 aromatic rings. The van der Waals surface area contributed by atoms with Crippen LogP contribution in [-0.2, 0) is 23.8 Å². The zero-order valence-electron chi connectivity index (χ0n) is 12.0. The summed E-state index contributed by atoms with van der Waals surface area (Å²) in [4.78, 5) is 12.3. The normalized spacial score (nSPS) is 12.0. The van der Waals surface area contributed by atoms with E-state index < -0.39 is 16.1 Å². The topological polar surface area (TPSA) is 69.7 Å². The van der Waals surface area contributed by atoms with E-state index >= 15 is 0 Å². The number of benzene rings is 1. The van der Waals surface area contributed by atoms with Crippen LogP contribution in [0.3, 0.4) is 0 Å². The van der Waals surface area contributed by atoms with Crippen LogP contribution < -0.4 is 0 Å². The summed E-state index contributed by atoms with van der Waals surface area (Å²) in [5, 5.41) is 1.76. The molecule has 5 nitrogen and oxygen atoms in total. The van der Waals surface area contributed by atoms with Gasteiger partial charge in [-0.2, -0.15) is 8.42 Å². The molecule has 0 N–H and O–H groups in total. The molecule has 1 aromatic carbocycles. The number of aryl methyl sites for hydroxylation is 1. The first-order chi connectivity index (χ1) is 10.4. The summed E-state index contributed by atoms with van der Waals surface area (Å²) in [6, 6.07) is 9.64. The largest absolute Gasteiger partial charge is 0.465 e. The lowest BCUT2D eigenvalue weighted by Crippen LogP contribution is -2.07. The van der Waals surface area contributed by atoms with Gasteiger partial charge in [0.05, 0.1) is 7.11 Å². The maximum absolute atomic E-state index is 12.1. The number of thiophene rings is 1. The molecule has 1 heterocycles. The molecule has 0 spiro atoms. The minimum atomic E-state index is -3.98. The van der Waals surface area contributed by atoms with E-state index in [1.54, 1.807) is 29.6 Å². The molecule has 0 bridgehead atoms. The molecule has 0 radical (unpaired) electrons. The Bertz CT molecular complexity index is 772. The average Bonchev–Trinajstić information content (AvgIpc) is 3.01. The predicted molar refractivity (Wildman–Crippen MR) is 83.8 cm³/mol. The van der Waals surface area contributed by atoms with Gasteiger partial charge in [-0.05, 0) is 30.5 Å². The molecule has 0 atom stereocenters. The van der Waals surface area contributed by atoms with Gasteiger partial charge in [0.2, 0.25) is 0 Å². The molecule has 0 aliphatic rings. The summed E-state index contributed by atoms with van der Waals surface area (Å²) in [6.45, 7) is 1.85. The van der Waals surface area contributed by atoms with Crippen molar-refractivity contribution in [2.24, 2.45) is 0 Å².